The molecule has 94 valence electrons. The Balaban J connectivity index is 2.74. The summed E-state index contributed by atoms with van der Waals surface area (Å²) in [6, 6.07) is 4.86. The Bertz CT molecular complexity index is 409. The quantitative estimate of drug-likeness (QED) is 0.811. The summed E-state index contributed by atoms with van der Waals surface area (Å²) in [6.45, 7) is 4.42. The van der Waals surface area contributed by atoms with E-state index in [0.717, 1.165) is 0 Å². The number of nitrogen functional groups attached to an aromatic ring is 1. The van der Waals surface area contributed by atoms with E-state index in [1.54, 1.807) is 37.1 Å². The van der Waals surface area contributed by atoms with Crippen molar-refractivity contribution >= 4 is 28.9 Å². The molecule has 1 rings (SSSR count). The summed E-state index contributed by atoms with van der Waals surface area (Å²) in [6.07, 6.45) is 0. The summed E-state index contributed by atoms with van der Waals surface area (Å²) in [5.74, 6) is 0.0281. The van der Waals surface area contributed by atoms with Gasteiger partial charge >= 0.3 is 0 Å². The molecule has 4 nitrogen and oxygen atoms in total. The van der Waals surface area contributed by atoms with Gasteiger partial charge in [-0.15, -0.1) is 0 Å². The van der Waals surface area contributed by atoms with Crippen LogP contribution in [0.2, 0.25) is 5.02 Å². The average molecular weight is 256 g/mol. The van der Waals surface area contributed by atoms with Crippen LogP contribution in [0.25, 0.3) is 0 Å². The topological polar surface area (TPSA) is 58.4 Å². The monoisotopic (exact) mass is 255 g/mol. The molecule has 0 radical (unpaired) electrons. The van der Waals surface area contributed by atoms with E-state index < -0.39 is 0 Å². The fourth-order valence-electron chi connectivity index (χ4n) is 1.43. The van der Waals surface area contributed by atoms with Crippen LogP contribution in [0, 0.1) is 0 Å². The van der Waals surface area contributed by atoms with Gasteiger partial charge in [-0.1, -0.05) is 11.6 Å². The number of halogens is 1. The number of benzene rings is 1. The molecule has 0 heterocycles. The lowest BCUT2D eigenvalue weighted by atomic mass is 10.2. The van der Waals surface area contributed by atoms with E-state index in [1.807, 2.05) is 6.92 Å². The molecule has 0 aliphatic rings. The lowest BCUT2D eigenvalue weighted by Crippen LogP contribution is -2.38. The predicted octanol–water partition coefficient (Wildman–Crippen LogP) is 2.20. The number of hydrogen-bond donors (Lipinski definition) is 2. The van der Waals surface area contributed by atoms with E-state index in [-0.39, 0.29) is 11.9 Å². The summed E-state index contributed by atoms with van der Waals surface area (Å²) < 4.78 is 0. The first-order valence-electron chi connectivity index (χ1n) is 5.52. The summed E-state index contributed by atoms with van der Waals surface area (Å²) in [5.41, 5.74) is 6.92. The van der Waals surface area contributed by atoms with E-state index in [4.69, 9.17) is 17.3 Å². The molecule has 0 spiro atoms. The zero-order valence-corrected chi connectivity index (χ0v) is 11.1. The van der Waals surface area contributed by atoms with E-state index >= 15 is 0 Å². The molecule has 1 aromatic rings. The molecule has 1 amide bonds. The highest BCUT2D eigenvalue weighted by molar-refractivity contribution is 6.33. The fraction of sp³-hybridized carbons (Fsp3) is 0.417. The fourth-order valence-corrected chi connectivity index (χ4v) is 1.67. The Morgan fingerprint density at radius 2 is 2.24 bits per heavy atom. The SMILES string of the molecule is CCN(C)C(=O)C(C)Nc1ccc(N)cc1Cl. The molecule has 17 heavy (non-hydrogen) atoms. The molecule has 0 saturated carbocycles. The number of amides is 1. The Labute approximate surface area is 107 Å². The minimum atomic E-state index is -0.318. The summed E-state index contributed by atoms with van der Waals surface area (Å²) in [5, 5.41) is 3.59. The van der Waals surface area contributed by atoms with Gasteiger partial charge < -0.3 is 16.0 Å². The van der Waals surface area contributed by atoms with Gasteiger partial charge in [-0.05, 0) is 32.0 Å². The van der Waals surface area contributed by atoms with Crippen LogP contribution in [0.3, 0.4) is 0 Å². The zero-order valence-electron chi connectivity index (χ0n) is 10.3. The molecular weight excluding hydrogens is 238 g/mol. The van der Waals surface area contributed by atoms with Crippen LogP contribution in [0.4, 0.5) is 11.4 Å². The second-order valence-electron chi connectivity index (χ2n) is 3.96. The Kier molecular flexibility index (Phi) is 4.63. The Hall–Kier alpha value is -1.42. The summed E-state index contributed by atoms with van der Waals surface area (Å²) in [4.78, 5) is 13.5. The molecule has 1 unspecified atom stereocenters. The van der Waals surface area contributed by atoms with E-state index in [9.17, 15) is 4.79 Å². The van der Waals surface area contributed by atoms with Gasteiger partial charge in [0.05, 0.1) is 10.7 Å². The van der Waals surface area contributed by atoms with Crippen LogP contribution in [0.1, 0.15) is 13.8 Å². The number of hydrogen-bond acceptors (Lipinski definition) is 3. The first-order valence-corrected chi connectivity index (χ1v) is 5.90. The second-order valence-corrected chi connectivity index (χ2v) is 4.36. The van der Waals surface area contributed by atoms with Gasteiger partial charge in [0.15, 0.2) is 0 Å². The maximum absolute atomic E-state index is 11.9. The van der Waals surface area contributed by atoms with Crippen LogP contribution in [0.15, 0.2) is 18.2 Å². The van der Waals surface area contributed by atoms with Gasteiger partial charge in [-0.25, -0.2) is 0 Å². The van der Waals surface area contributed by atoms with Gasteiger partial charge in [-0.3, -0.25) is 4.79 Å². The number of nitrogens with two attached hydrogens (primary N) is 1. The van der Waals surface area contributed by atoms with Crippen LogP contribution < -0.4 is 11.1 Å². The number of carbonyl (C=O) groups excluding carboxylic acids is 1. The van der Waals surface area contributed by atoms with Gasteiger partial charge in [0.1, 0.15) is 6.04 Å². The lowest BCUT2D eigenvalue weighted by Gasteiger charge is -2.21. The highest BCUT2D eigenvalue weighted by Gasteiger charge is 2.16. The molecule has 1 aromatic carbocycles. The minimum Gasteiger partial charge on any atom is -0.399 e. The molecule has 0 aromatic heterocycles. The third-order valence-corrected chi connectivity index (χ3v) is 2.90. The number of rotatable bonds is 4. The van der Waals surface area contributed by atoms with Crippen LogP contribution in [0.5, 0.6) is 0 Å². The Morgan fingerprint density at radius 1 is 1.59 bits per heavy atom. The van der Waals surface area contributed by atoms with Crippen LogP contribution in [-0.2, 0) is 4.79 Å². The highest BCUT2D eigenvalue weighted by Crippen LogP contribution is 2.24. The number of nitrogens with one attached hydrogen (secondary N) is 1. The predicted molar refractivity (Wildman–Crippen MR) is 72.3 cm³/mol. The molecule has 0 aliphatic carbocycles. The van der Waals surface area contributed by atoms with E-state index in [1.165, 1.54) is 0 Å². The summed E-state index contributed by atoms with van der Waals surface area (Å²) in [7, 11) is 1.77. The molecule has 0 aliphatic heterocycles. The third-order valence-electron chi connectivity index (χ3n) is 2.59. The maximum atomic E-state index is 11.9. The van der Waals surface area contributed by atoms with Crippen molar-refractivity contribution in [1.29, 1.82) is 0 Å². The minimum absolute atomic E-state index is 0.0281. The molecule has 5 heteroatoms. The van der Waals surface area contributed by atoms with Crippen molar-refractivity contribution < 1.29 is 4.79 Å². The molecule has 0 fully saturated rings. The van der Waals surface area contributed by atoms with Crippen molar-refractivity contribution in [2.45, 2.75) is 19.9 Å². The zero-order chi connectivity index (χ0) is 13.0. The average Bonchev–Trinajstić information content (AvgIpc) is 2.30. The maximum Gasteiger partial charge on any atom is 0.244 e. The molecule has 1 atom stereocenters. The van der Waals surface area contributed by atoms with Gasteiger partial charge in [0.2, 0.25) is 5.91 Å². The largest absolute Gasteiger partial charge is 0.399 e. The van der Waals surface area contributed by atoms with Gasteiger partial charge in [-0.2, -0.15) is 0 Å². The number of nitrogens with zero attached hydrogens (tertiary/aromatic N) is 1. The smallest absolute Gasteiger partial charge is 0.244 e. The number of anilines is 2. The molecule has 0 bridgehead atoms. The van der Waals surface area contributed by atoms with Crippen molar-refractivity contribution in [2.24, 2.45) is 0 Å². The summed E-state index contributed by atoms with van der Waals surface area (Å²) >= 11 is 6.02. The third kappa shape index (κ3) is 3.53. The normalized spacial score (nSPS) is 12.0. The standard InChI is InChI=1S/C12H18ClN3O/c1-4-16(3)12(17)8(2)15-11-6-5-9(14)7-10(11)13/h5-8,15H,4,14H2,1-3H3. The first-order chi connectivity index (χ1) is 7.95. The van der Waals surface area contributed by atoms with Crippen molar-refractivity contribution in [1.82, 2.24) is 4.90 Å². The van der Waals surface area contributed by atoms with E-state index in [0.29, 0.717) is 22.9 Å². The Morgan fingerprint density at radius 3 is 2.76 bits per heavy atom. The van der Waals surface area contributed by atoms with Gasteiger partial charge in [0.25, 0.3) is 0 Å². The number of carbonyl (C=O) groups is 1. The van der Waals surface area contributed by atoms with Crippen molar-refractivity contribution in [3.05, 3.63) is 23.2 Å². The first kappa shape index (κ1) is 13.6. The van der Waals surface area contributed by atoms with Crippen molar-refractivity contribution in [3.8, 4) is 0 Å². The molecule has 0 saturated heterocycles. The van der Waals surface area contributed by atoms with Crippen molar-refractivity contribution in [2.75, 3.05) is 24.6 Å². The second kappa shape index (κ2) is 5.77. The lowest BCUT2D eigenvalue weighted by molar-refractivity contribution is -0.130. The number of likely N-dealkylation sites (N-methyl/N-ethyl adjacent to an activating group) is 1. The van der Waals surface area contributed by atoms with E-state index in [2.05, 4.69) is 5.32 Å². The highest BCUT2D eigenvalue weighted by atomic mass is 35.5. The van der Waals surface area contributed by atoms with Gasteiger partial charge in [0, 0.05) is 19.3 Å². The van der Waals surface area contributed by atoms with Crippen LogP contribution >= 0.6 is 11.6 Å². The van der Waals surface area contributed by atoms with Crippen LogP contribution in [-0.4, -0.2) is 30.4 Å². The van der Waals surface area contributed by atoms with Crippen molar-refractivity contribution in [3.63, 3.8) is 0 Å². The molecular formula is C12H18ClN3O. The molecule has 3 N–H and O–H groups in total.